The van der Waals surface area contributed by atoms with Gasteiger partial charge < -0.3 is 14.2 Å². The van der Waals surface area contributed by atoms with Gasteiger partial charge in [0.25, 0.3) is 0 Å². The van der Waals surface area contributed by atoms with E-state index in [2.05, 4.69) is 27.2 Å². The number of nitrogens with zero attached hydrogens (tertiary/aromatic N) is 3. The quantitative estimate of drug-likeness (QED) is 0.283. The van der Waals surface area contributed by atoms with Gasteiger partial charge in [-0.25, -0.2) is 4.98 Å². The smallest absolute Gasteiger partial charge is 0.310 e. The number of hydrogen-bond acceptors (Lipinski definition) is 5. The maximum Gasteiger partial charge on any atom is 0.310 e. The Balaban J connectivity index is 0.000000383. The van der Waals surface area contributed by atoms with Crippen LogP contribution >= 0.6 is 34.8 Å². The third-order valence-corrected chi connectivity index (χ3v) is 6.02. The summed E-state index contributed by atoms with van der Waals surface area (Å²) in [5.74, 6) is -0.218. The SMILES string of the molecule is CC(=O)OC(C)=O.CCCc1ccc(Cl)c2nc3n(c12)CCCN3c1c(C)cc(Cl)cc1Cl. The average molecular weight is 511 g/mol. The van der Waals surface area contributed by atoms with Crippen LogP contribution in [-0.4, -0.2) is 28.0 Å². The molecule has 0 bridgehead atoms. The van der Waals surface area contributed by atoms with Gasteiger partial charge in [0.2, 0.25) is 5.95 Å². The Morgan fingerprint density at radius 3 is 2.33 bits per heavy atom. The van der Waals surface area contributed by atoms with Crippen molar-refractivity contribution in [3.8, 4) is 0 Å². The number of ether oxygens (including phenoxy) is 1. The van der Waals surface area contributed by atoms with E-state index in [4.69, 9.17) is 39.8 Å². The highest BCUT2D eigenvalue weighted by Gasteiger charge is 2.27. The molecule has 0 atom stereocenters. The second-order valence-corrected chi connectivity index (χ2v) is 9.11. The van der Waals surface area contributed by atoms with Crippen LogP contribution < -0.4 is 4.90 Å². The third-order valence-electron chi connectivity index (χ3n) is 5.21. The summed E-state index contributed by atoms with van der Waals surface area (Å²) in [7, 11) is 0. The van der Waals surface area contributed by atoms with Gasteiger partial charge in [-0.1, -0.05) is 54.2 Å². The minimum atomic E-state index is -0.562. The van der Waals surface area contributed by atoms with E-state index in [0.717, 1.165) is 60.6 Å². The summed E-state index contributed by atoms with van der Waals surface area (Å²) in [6.45, 7) is 8.39. The standard InChI is InChI=1S/C20H20Cl3N3.C4H6O3/c1-3-5-13-6-7-15(22)17-19(13)26-9-4-8-25(20(26)24-17)18-12(2)10-14(21)11-16(18)23;1-3(5)7-4(2)6/h6-7,10-11H,3-5,8-9H2,1-2H3;1-2H3. The van der Waals surface area contributed by atoms with Crippen LogP contribution in [0.1, 0.15) is 44.7 Å². The number of hydrogen-bond donors (Lipinski definition) is 0. The summed E-state index contributed by atoms with van der Waals surface area (Å²) in [6.07, 6.45) is 3.12. The van der Waals surface area contributed by atoms with Crippen LogP contribution in [0.2, 0.25) is 15.1 Å². The van der Waals surface area contributed by atoms with E-state index < -0.39 is 11.9 Å². The van der Waals surface area contributed by atoms with E-state index in [1.807, 2.05) is 19.1 Å². The molecule has 0 N–H and O–H groups in total. The summed E-state index contributed by atoms with van der Waals surface area (Å²) in [5, 5.41) is 1.99. The Morgan fingerprint density at radius 2 is 1.76 bits per heavy atom. The summed E-state index contributed by atoms with van der Waals surface area (Å²) in [6, 6.07) is 7.82. The fraction of sp³-hybridized carbons (Fsp3) is 0.375. The van der Waals surface area contributed by atoms with Crippen LogP contribution in [0.3, 0.4) is 0 Å². The lowest BCUT2D eigenvalue weighted by molar-refractivity contribution is -0.156. The van der Waals surface area contributed by atoms with Crippen LogP contribution in [0.25, 0.3) is 11.0 Å². The summed E-state index contributed by atoms with van der Waals surface area (Å²) in [4.78, 5) is 26.7. The number of anilines is 2. The molecule has 9 heteroatoms. The molecule has 2 heterocycles. The minimum Gasteiger partial charge on any atom is -0.394 e. The first kappa shape index (κ1) is 25.3. The number of carbonyl (C=O) groups excluding carboxylic acids is 2. The van der Waals surface area contributed by atoms with Gasteiger partial charge in [0, 0.05) is 32.0 Å². The molecule has 0 saturated heterocycles. The van der Waals surface area contributed by atoms with E-state index in [1.165, 1.54) is 19.4 Å². The first-order valence-electron chi connectivity index (χ1n) is 10.7. The van der Waals surface area contributed by atoms with Crippen molar-refractivity contribution < 1.29 is 14.3 Å². The predicted octanol–water partition coefficient (Wildman–Crippen LogP) is 6.90. The van der Waals surface area contributed by atoms with Gasteiger partial charge in [-0.05, 0) is 49.1 Å². The number of rotatable bonds is 3. The molecule has 1 aliphatic rings. The fourth-order valence-electron chi connectivity index (χ4n) is 4.09. The molecular weight excluding hydrogens is 485 g/mol. The first-order chi connectivity index (χ1) is 15.6. The molecule has 0 fully saturated rings. The Morgan fingerprint density at radius 1 is 1.06 bits per heavy atom. The van der Waals surface area contributed by atoms with Crippen molar-refractivity contribution in [3.63, 3.8) is 0 Å². The minimum absolute atomic E-state index is 0.562. The summed E-state index contributed by atoms with van der Waals surface area (Å²) in [5.41, 5.74) is 5.35. The Bertz CT molecular complexity index is 1170. The highest BCUT2D eigenvalue weighted by atomic mass is 35.5. The second kappa shape index (κ2) is 10.8. The van der Waals surface area contributed by atoms with Crippen molar-refractivity contribution in [1.29, 1.82) is 0 Å². The van der Waals surface area contributed by atoms with E-state index >= 15 is 0 Å². The van der Waals surface area contributed by atoms with Gasteiger partial charge in [0.05, 0.1) is 21.2 Å². The molecule has 1 aliphatic heterocycles. The summed E-state index contributed by atoms with van der Waals surface area (Å²) >= 11 is 19.2. The third kappa shape index (κ3) is 5.62. The average Bonchev–Trinajstić information content (AvgIpc) is 3.10. The Labute approximate surface area is 208 Å². The predicted molar refractivity (Wildman–Crippen MR) is 134 cm³/mol. The molecule has 6 nitrogen and oxygen atoms in total. The van der Waals surface area contributed by atoms with Crippen molar-refractivity contribution >= 4 is 69.4 Å². The molecule has 4 rings (SSSR count). The Kier molecular flexibility index (Phi) is 8.27. The topological polar surface area (TPSA) is 64.4 Å². The lowest BCUT2D eigenvalue weighted by atomic mass is 10.1. The normalized spacial score (nSPS) is 12.8. The molecule has 0 amide bonds. The van der Waals surface area contributed by atoms with Crippen LogP contribution in [0, 0.1) is 6.92 Å². The first-order valence-corrected chi connectivity index (χ1v) is 11.9. The van der Waals surface area contributed by atoms with Crippen molar-refractivity contribution in [3.05, 3.63) is 50.5 Å². The number of aromatic nitrogens is 2. The number of imidazole rings is 1. The van der Waals surface area contributed by atoms with E-state index in [9.17, 15) is 9.59 Å². The number of fused-ring (bicyclic) bond motifs is 3. The molecule has 0 aliphatic carbocycles. The molecule has 0 radical (unpaired) electrons. The van der Waals surface area contributed by atoms with E-state index in [-0.39, 0.29) is 0 Å². The maximum atomic E-state index is 9.81. The zero-order valence-electron chi connectivity index (χ0n) is 19.0. The van der Waals surface area contributed by atoms with Crippen molar-refractivity contribution in [2.45, 2.75) is 53.5 Å². The van der Waals surface area contributed by atoms with Crippen molar-refractivity contribution in [2.75, 3.05) is 11.4 Å². The van der Waals surface area contributed by atoms with Crippen LogP contribution in [0.15, 0.2) is 24.3 Å². The number of halogens is 3. The zero-order valence-corrected chi connectivity index (χ0v) is 21.3. The van der Waals surface area contributed by atoms with Gasteiger partial charge in [0.15, 0.2) is 0 Å². The highest BCUT2D eigenvalue weighted by Crippen LogP contribution is 2.41. The number of benzene rings is 2. The maximum absolute atomic E-state index is 9.81. The van der Waals surface area contributed by atoms with E-state index in [1.54, 1.807) is 6.07 Å². The van der Waals surface area contributed by atoms with Crippen LogP contribution in [0.4, 0.5) is 11.6 Å². The second-order valence-electron chi connectivity index (χ2n) is 7.86. The molecule has 0 saturated carbocycles. The van der Waals surface area contributed by atoms with Gasteiger partial charge in [-0.15, -0.1) is 0 Å². The van der Waals surface area contributed by atoms with Gasteiger partial charge in [-0.3, -0.25) is 9.59 Å². The fourth-order valence-corrected chi connectivity index (χ4v) is 4.98. The van der Waals surface area contributed by atoms with Gasteiger partial charge in [-0.2, -0.15) is 0 Å². The largest absolute Gasteiger partial charge is 0.394 e. The monoisotopic (exact) mass is 509 g/mol. The Hall–Kier alpha value is -2.28. The van der Waals surface area contributed by atoms with Gasteiger partial charge >= 0.3 is 11.9 Å². The molecule has 3 aromatic rings. The lowest BCUT2D eigenvalue weighted by Crippen LogP contribution is -2.29. The van der Waals surface area contributed by atoms with Gasteiger partial charge in [0.1, 0.15) is 5.52 Å². The zero-order chi connectivity index (χ0) is 24.3. The van der Waals surface area contributed by atoms with E-state index in [0.29, 0.717) is 15.1 Å². The molecule has 0 unspecified atom stereocenters. The molecule has 33 heavy (non-hydrogen) atoms. The molecule has 0 spiro atoms. The molecular formula is C24H26Cl3N3O3. The molecule has 1 aromatic heterocycles. The number of carbonyl (C=O) groups is 2. The number of aryl methyl sites for hydroxylation is 3. The van der Waals surface area contributed by atoms with Crippen molar-refractivity contribution in [2.24, 2.45) is 0 Å². The lowest BCUT2D eigenvalue weighted by Gasteiger charge is -2.31. The van der Waals surface area contributed by atoms with Crippen LogP contribution in [0.5, 0.6) is 0 Å². The molecule has 2 aromatic carbocycles. The van der Waals surface area contributed by atoms with Crippen LogP contribution in [-0.2, 0) is 27.3 Å². The number of esters is 2. The highest BCUT2D eigenvalue weighted by molar-refractivity contribution is 6.37. The van der Waals surface area contributed by atoms with Crippen molar-refractivity contribution in [1.82, 2.24) is 9.55 Å². The summed E-state index contributed by atoms with van der Waals surface area (Å²) < 4.78 is 6.26. The molecule has 176 valence electrons.